The summed E-state index contributed by atoms with van der Waals surface area (Å²) in [5.74, 6) is 0. The van der Waals surface area contributed by atoms with Crippen molar-refractivity contribution in [1.82, 2.24) is 0 Å². The molecule has 0 saturated heterocycles. The minimum absolute atomic E-state index is 0.700. The van der Waals surface area contributed by atoms with Crippen molar-refractivity contribution in [2.24, 2.45) is 0 Å². The molecular weight excluding hydrogens is 256 g/mol. The minimum Gasteiger partial charge on any atom is -0.398 e. The van der Waals surface area contributed by atoms with Crippen molar-refractivity contribution in [1.29, 1.82) is 0 Å². The molecule has 2 nitrogen and oxygen atoms in total. The summed E-state index contributed by atoms with van der Waals surface area (Å²) in [6.07, 6.45) is 0. The quantitative estimate of drug-likeness (QED) is 0.646. The summed E-state index contributed by atoms with van der Waals surface area (Å²) >= 11 is 5.91. The van der Waals surface area contributed by atoms with Crippen LogP contribution in [0.25, 0.3) is 21.9 Å². The highest BCUT2D eigenvalue weighted by molar-refractivity contribution is 6.30. The van der Waals surface area contributed by atoms with Gasteiger partial charge in [-0.25, -0.2) is 0 Å². The van der Waals surface area contributed by atoms with Crippen LogP contribution in [0.4, 0.5) is 11.4 Å². The van der Waals surface area contributed by atoms with E-state index in [1.54, 1.807) is 0 Å². The third-order valence-electron chi connectivity index (χ3n) is 3.27. The molecule has 94 valence electrons. The van der Waals surface area contributed by atoms with Gasteiger partial charge in [0.1, 0.15) is 0 Å². The third-order valence-corrected chi connectivity index (χ3v) is 3.53. The Hall–Kier alpha value is -2.19. The van der Waals surface area contributed by atoms with E-state index in [1.807, 2.05) is 54.6 Å². The van der Waals surface area contributed by atoms with Crippen molar-refractivity contribution in [3.05, 3.63) is 59.6 Å². The molecule has 3 aromatic rings. The number of halogens is 1. The molecule has 0 aliphatic rings. The lowest BCUT2D eigenvalue weighted by atomic mass is 9.98. The number of hydrogen-bond acceptors (Lipinski definition) is 2. The van der Waals surface area contributed by atoms with Gasteiger partial charge in [0.15, 0.2) is 0 Å². The highest BCUT2D eigenvalue weighted by Crippen LogP contribution is 2.35. The molecule has 0 spiro atoms. The third kappa shape index (κ3) is 2.00. The van der Waals surface area contributed by atoms with Gasteiger partial charge in [0.05, 0.1) is 0 Å². The maximum absolute atomic E-state index is 6.28. The fourth-order valence-corrected chi connectivity index (χ4v) is 2.44. The Labute approximate surface area is 116 Å². The molecule has 0 saturated carbocycles. The van der Waals surface area contributed by atoms with E-state index in [-0.39, 0.29) is 0 Å². The van der Waals surface area contributed by atoms with Gasteiger partial charge in [0.25, 0.3) is 0 Å². The van der Waals surface area contributed by atoms with Gasteiger partial charge in [0.2, 0.25) is 0 Å². The molecule has 3 rings (SSSR count). The first kappa shape index (κ1) is 11.9. The molecule has 0 bridgehead atoms. The van der Waals surface area contributed by atoms with E-state index in [2.05, 4.69) is 0 Å². The van der Waals surface area contributed by atoms with Crippen LogP contribution >= 0.6 is 11.6 Å². The van der Waals surface area contributed by atoms with Crippen LogP contribution in [0.15, 0.2) is 54.6 Å². The summed E-state index contributed by atoms with van der Waals surface area (Å²) in [5, 5.41) is 2.67. The molecule has 0 unspecified atom stereocenters. The fraction of sp³-hybridized carbons (Fsp3) is 0. The Balaban J connectivity index is 2.28. The van der Waals surface area contributed by atoms with Gasteiger partial charge in [-0.2, -0.15) is 0 Å². The Morgan fingerprint density at radius 3 is 2.26 bits per heavy atom. The van der Waals surface area contributed by atoms with E-state index in [4.69, 9.17) is 23.1 Å². The van der Waals surface area contributed by atoms with Crippen LogP contribution in [0.5, 0.6) is 0 Å². The van der Waals surface area contributed by atoms with Crippen molar-refractivity contribution >= 4 is 33.7 Å². The standard InChI is InChI=1S/C16H13ClN2/c17-12-7-4-10(5-8-12)13-9-6-11-2-1-3-14(18)15(11)16(13)19/h1-9H,18-19H2. The molecule has 0 aromatic heterocycles. The monoisotopic (exact) mass is 268 g/mol. The van der Waals surface area contributed by atoms with Crippen LogP contribution in [-0.4, -0.2) is 0 Å². The van der Waals surface area contributed by atoms with Gasteiger partial charge in [-0.05, 0) is 29.1 Å². The zero-order valence-electron chi connectivity index (χ0n) is 10.2. The molecule has 19 heavy (non-hydrogen) atoms. The molecule has 0 fully saturated rings. The Kier molecular flexibility index (Phi) is 2.80. The van der Waals surface area contributed by atoms with E-state index in [1.165, 1.54) is 0 Å². The summed E-state index contributed by atoms with van der Waals surface area (Å²) in [6, 6.07) is 17.5. The molecule has 0 heterocycles. The maximum Gasteiger partial charge on any atom is 0.0494 e. The second kappa shape index (κ2) is 4.48. The summed E-state index contributed by atoms with van der Waals surface area (Å²) in [4.78, 5) is 0. The van der Waals surface area contributed by atoms with Crippen molar-refractivity contribution in [3.8, 4) is 11.1 Å². The van der Waals surface area contributed by atoms with Crippen LogP contribution in [0.3, 0.4) is 0 Å². The number of fused-ring (bicyclic) bond motifs is 1. The lowest BCUT2D eigenvalue weighted by Gasteiger charge is -2.11. The Morgan fingerprint density at radius 1 is 0.789 bits per heavy atom. The number of hydrogen-bond donors (Lipinski definition) is 2. The SMILES string of the molecule is Nc1cccc2ccc(-c3ccc(Cl)cc3)c(N)c12. The molecule has 0 radical (unpaired) electrons. The summed E-state index contributed by atoms with van der Waals surface area (Å²) < 4.78 is 0. The van der Waals surface area contributed by atoms with Gasteiger partial charge in [-0.1, -0.05) is 48.0 Å². The molecule has 0 atom stereocenters. The first-order valence-electron chi connectivity index (χ1n) is 5.99. The predicted octanol–water partition coefficient (Wildman–Crippen LogP) is 4.32. The van der Waals surface area contributed by atoms with Gasteiger partial charge in [-0.3, -0.25) is 0 Å². The number of anilines is 2. The van der Waals surface area contributed by atoms with E-state index >= 15 is 0 Å². The van der Waals surface area contributed by atoms with Crippen LogP contribution in [0, 0.1) is 0 Å². The first-order valence-corrected chi connectivity index (χ1v) is 6.37. The van der Waals surface area contributed by atoms with Crippen molar-refractivity contribution in [2.75, 3.05) is 11.5 Å². The molecule has 0 amide bonds. The van der Waals surface area contributed by atoms with Gasteiger partial charge >= 0.3 is 0 Å². The number of nitrogens with two attached hydrogens (primary N) is 2. The summed E-state index contributed by atoms with van der Waals surface area (Å²) in [5.41, 5.74) is 15.7. The van der Waals surface area contributed by atoms with Gasteiger partial charge < -0.3 is 11.5 Å². The second-order valence-corrected chi connectivity index (χ2v) is 4.92. The number of nitrogen functional groups attached to an aromatic ring is 2. The fourth-order valence-electron chi connectivity index (χ4n) is 2.32. The Morgan fingerprint density at radius 2 is 1.53 bits per heavy atom. The highest BCUT2D eigenvalue weighted by Gasteiger charge is 2.08. The maximum atomic E-state index is 6.28. The largest absolute Gasteiger partial charge is 0.398 e. The van der Waals surface area contributed by atoms with Crippen molar-refractivity contribution < 1.29 is 0 Å². The van der Waals surface area contributed by atoms with E-state index in [0.717, 1.165) is 21.9 Å². The summed E-state index contributed by atoms with van der Waals surface area (Å²) in [7, 11) is 0. The average molecular weight is 269 g/mol. The van der Waals surface area contributed by atoms with Crippen LogP contribution < -0.4 is 11.5 Å². The smallest absolute Gasteiger partial charge is 0.0494 e. The van der Waals surface area contributed by atoms with Gasteiger partial charge in [0, 0.05) is 27.3 Å². The van der Waals surface area contributed by atoms with Gasteiger partial charge in [-0.15, -0.1) is 0 Å². The molecule has 3 heteroatoms. The van der Waals surface area contributed by atoms with Crippen molar-refractivity contribution in [2.45, 2.75) is 0 Å². The zero-order valence-corrected chi connectivity index (χ0v) is 11.0. The molecule has 0 aliphatic carbocycles. The highest BCUT2D eigenvalue weighted by atomic mass is 35.5. The molecule has 4 N–H and O–H groups in total. The topological polar surface area (TPSA) is 52.0 Å². The zero-order chi connectivity index (χ0) is 13.4. The van der Waals surface area contributed by atoms with E-state index in [0.29, 0.717) is 16.4 Å². The lowest BCUT2D eigenvalue weighted by Crippen LogP contribution is -1.95. The minimum atomic E-state index is 0.700. The summed E-state index contributed by atoms with van der Waals surface area (Å²) in [6.45, 7) is 0. The van der Waals surface area contributed by atoms with Crippen LogP contribution in [0.2, 0.25) is 5.02 Å². The predicted molar refractivity (Wildman–Crippen MR) is 83.2 cm³/mol. The molecular formula is C16H13ClN2. The number of rotatable bonds is 1. The van der Waals surface area contributed by atoms with E-state index < -0.39 is 0 Å². The lowest BCUT2D eigenvalue weighted by molar-refractivity contribution is 1.63. The second-order valence-electron chi connectivity index (χ2n) is 4.48. The van der Waals surface area contributed by atoms with Crippen LogP contribution in [0.1, 0.15) is 0 Å². The average Bonchev–Trinajstić information content (AvgIpc) is 2.40. The molecule has 0 aliphatic heterocycles. The molecule has 3 aromatic carbocycles. The van der Waals surface area contributed by atoms with E-state index in [9.17, 15) is 0 Å². The number of benzene rings is 3. The first-order chi connectivity index (χ1) is 9.16. The Bertz CT molecular complexity index is 749. The van der Waals surface area contributed by atoms with Crippen LogP contribution in [-0.2, 0) is 0 Å². The van der Waals surface area contributed by atoms with Crippen molar-refractivity contribution in [3.63, 3.8) is 0 Å². The normalized spacial score (nSPS) is 10.8.